The maximum Gasteiger partial charge on any atom is 0.163 e. The van der Waals surface area contributed by atoms with Crippen LogP contribution in [0.25, 0.3) is 0 Å². The minimum absolute atomic E-state index is 0.00903. The Labute approximate surface area is 124 Å². The minimum Gasteiger partial charge on any atom is -0.497 e. The van der Waals surface area contributed by atoms with Gasteiger partial charge in [0.1, 0.15) is 17.5 Å². The Morgan fingerprint density at radius 1 is 1.33 bits per heavy atom. The summed E-state index contributed by atoms with van der Waals surface area (Å²) in [6.07, 6.45) is 2.18. The van der Waals surface area contributed by atoms with E-state index < -0.39 is 0 Å². The molecule has 1 N–H and O–H groups in total. The Hall–Kier alpha value is -2.14. The van der Waals surface area contributed by atoms with Gasteiger partial charge in [-0.1, -0.05) is 19.1 Å². The molecule has 0 aliphatic carbocycles. The number of benzene rings is 1. The Kier molecular flexibility index (Phi) is 5.11. The summed E-state index contributed by atoms with van der Waals surface area (Å²) in [4.78, 5) is 11.6. The highest BCUT2D eigenvalue weighted by Crippen LogP contribution is 2.24. The number of ether oxygens (including phenoxy) is 2. The first kappa shape index (κ1) is 15.3. The lowest BCUT2D eigenvalue weighted by Gasteiger charge is -2.15. The highest BCUT2D eigenvalue weighted by atomic mass is 16.5. The quantitative estimate of drug-likeness (QED) is 0.794. The van der Waals surface area contributed by atoms with Crippen molar-refractivity contribution in [3.8, 4) is 5.75 Å². The summed E-state index contributed by atoms with van der Waals surface area (Å²) < 4.78 is 11.0. The van der Waals surface area contributed by atoms with Crippen LogP contribution >= 0.6 is 0 Å². The van der Waals surface area contributed by atoms with Crippen molar-refractivity contribution in [3.05, 3.63) is 47.3 Å². The first-order valence-corrected chi connectivity index (χ1v) is 6.94. The zero-order chi connectivity index (χ0) is 15.2. The molecule has 112 valence electrons. The molecule has 0 amide bonds. The van der Waals surface area contributed by atoms with Crippen molar-refractivity contribution in [2.75, 3.05) is 7.11 Å². The van der Waals surface area contributed by atoms with Crippen molar-refractivity contribution < 1.29 is 14.3 Å². The van der Waals surface area contributed by atoms with E-state index in [1.807, 2.05) is 31.2 Å². The SMILES string of the molecule is CCC(OCc1ccc(OC)cc1)c1n[nH]cc1C(C)=O. The lowest BCUT2D eigenvalue weighted by Crippen LogP contribution is -2.08. The van der Waals surface area contributed by atoms with Crippen LogP contribution in [0.2, 0.25) is 0 Å². The number of methoxy groups -OCH3 is 1. The lowest BCUT2D eigenvalue weighted by atomic mass is 10.1. The Morgan fingerprint density at radius 3 is 2.62 bits per heavy atom. The maximum atomic E-state index is 11.6. The number of rotatable bonds is 7. The Balaban J connectivity index is 2.05. The predicted octanol–water partition coefficient (Wildman–Crippen LogP) is 3.29. The van der Waals surface area contributed by atoms with Gasteiger partial charge in [-0.15, -0.1) is 0 Å². The van der Waals surface area contributed by atoms with Gasteiger partial charge in [0.05, 0.1) is 19.3 Å². The van der Waals surface area contributed by atoms with E-state index in [0.29, 0.717) is 17.9 Å². The van der Waals surface area contributed by atoms with Crippen molar-refractivity contribution in [2.24, 2.45) is 0 Å². The normalized spacial score (nSPS) is 12.1. The molecule has 0 bridgehead atoms. The first-order valence-electron chi connectivity index (χ1n) is 6.94. The molecule has 2 aromatic rings. The van der Waals surface area contributed by atoms with E-state index in [-0.39, 0.29) is 11.9 Å². The molecule has 0 saturated heterocycles. The van der Waals surface area contributed by atoms with Crippen LogP contribution in [0, 0.1) is 0 Å². The number of hydrogen-bond donors (Lipinski definition) is 1. The first-order chi connectivity index (χ1) is 10.2. The molecule has 1 unspecified atom stereocenters. The molecule has 0 aliphatic heterocycles. The van der Waals surface area contributed by atoms with Gasteiger partial charge in [-0.05, 0) is 31.0 Å². The van der Waals surface area contributed by atoms with Gasteiger partial charge >= 0.3 is 0 Å². The highest BCUT2D eigenvalue weighted by Gasteiger charge is 2.19. The van der Waals surface area contributed by atoms with Crippen LogP contribution < -0.4 is 4.74 Å². The van der Waals surface area contributed by atoms with Gasteiger partial charge in [0.25, 0.3) is 0 Å². The molecule has 0 fully saturated rings. The van der Waals surface area contributed by atoms with Crippen LogP contribution in [-0.2, 0) is 11.3 Å². The number of nitrogens with one attached hydrogen (secondary N) is 1. The van der Waals surface area contributed by atoms with Crippen molar-refractivity contribution in [1.82, 2.24) is 10.2 Å². The van der Waals surface area contributed by atoms with Crippen LogP contribution in [0.15, 0.2) is 30.5 Å². The van der Waals surface area contributed by atoms with E-state index in [0.717, 1.165) is 17.7 Å². The smallest absolute Gasteiger partial charge is 0.163 e. The number of aromatic nitrogens is 2. The number of hydrogen-bond acceptors (Lipinski definition) is 4. The Morgan fingerprint density at radius 2 is 2.05 bits per heavy atom. The van der Waals surface area contributed by atoms with Crippen LogP contribution in [0.5, 0.6) is 5.75 Å². The second kappa shape index (κ2) is 7.04. The summed E-state index contributed by atoms with van der Waals surface area (Å²) in [5, 5.41) is 6.90. The van der Waals surface area contributed by atoms with Crippen LogP contribution in [0.4, 0.5) is 0 Å². The van der Waals surface area contributed by atoms with E-state index >= 15 is 0 Å². The molecule has 1 aromatic carbocycles. The largest absolute Gasteiger partial charge is 0.497 e. The van der Waals surface area contributed by atoms with E-state index in [4.69, 9.17) is 9.47 Å². The van der Waals surface area contributed by atoms with Crippen molar-refractivity contribution in [1.29, 1.82) is 0 Å². The van der Waals surface area contributed by atoms with E-state index in [1.165, 1.54) is 6.92 Å². The summed E-state index contributed by atoms with van der Waals surface area (Å²) >= 11 is 0. The van der Waals surface area contributed by atoms with Gasteiger partial charge in [-0.25, -0.2) is 0 Å². The topological polar surface area (TPSA) is 64.2 Å². The van der Waals surface area contributed by atoms with Gasteiger partial charge in [-0.2, -0.15) is 5.10 Å². The standard InChI is InChI=1S/C16H20N2O3/c1-4-15(16-14(11(2)19)9-17-18-16)21-10-12-5-7-13(20-3)8-6-12/h5-9,15H,4,10H2,1-3H3,(H,17,18). The van der Waals surface area contributed by atoms with Crippen molar-refractivity contribution >= 4 is 5.78 Å². The molecule has 21 heavy (non-hydrogen) atoms. The van der Waals surface area contributed by atoms with Crippen molar-refractivity contribution in [2.45, 2.75) is 33.0 Å². The van der Waals surface area contributed by atoms with Gasteiger partial charge in [0.15, 0.2) is 5.78 Å². The number of ketones is 1. The van der Waals surface area contributed by atoms with Gasteiger partial charge < -0.3 is 9.47 Å². The van der Waals surface area contributed by atoms with Crippen LogP contribution in [0.1, 0.15) is 48.0 Å². The van der Waals surface area contributed by atoms with E-state index in [2.05, 4.69) is 10.2 Å². The molecule has 1 heterocycles. The fourth-order valence-electron chi connectivity index (χ4n) is 2.14. The van der Waals surface area contributed by atoms with E-state index in [1.54, 1.807) is 13.3 Å². The average Bonchev–Trinajstić information content (AvgIpc) is 2.98. The zero-order valence-corrected chi connectivity index (χ0v) is 12.6. The summed E-state index contributed by atoms with van der Waals surface area (Å²) in [5.74, 6) is 0.808. The predicted molar refractivity (Wildman–Crippen MR) is 79.4 cm³/mol. The molecule has 1 aromatic heterocycles. The lowest BCUT2D eigenvalue weighted by molar-refractivity contribution is 0.0337. The summed E-state index contributed by atoms with van der Waals surface area (Å²) in [7, 11) is 1.64. The number of nitrogens with zero attached hydrogens (tertiary/aromatic N) is 1. The molecule has 0 saturated carbocycles. The average molecular weight is 288 g/mol. The third-order valence-corrected chi connectivity index (χ3v) is 3.34. The minimum atomic E-state index is -0.197. The number of H-pyrrole nitrogens is 1. The van der Waals surface area contributed by atoms with Gasteiger partial charge in [0, 0.05) is 6.20 Å². The van der Waals surface area contributed by atoms with Crippen LogP contribution in [-0.4, -0.2) is 23.1 Å². The third kappa shape index (κ3) is 3.70. The summed E-state index contributed by atoms with van der Waals surface area (Å²) in [5.41, 5.74) is 2.32. The second-order valence-corrected chi connectivity index (χ2v) is 4.80. The molecule has 0 aliphatic rings. The third-order valence-electron chi connectivity index (χ3n) is 3.34. The Bertz CT molecular complexity index is 590. The molecular weight excluding hydrogens is 268 g/mol. The molecular formula is C16H20N2O3. The summed E-state index contributed by atoms with van der Waals surface area (Å²) in [6.45, 7) is 4.01. The van der Waals surface area contributed by atoms with Gasteiger partial charge in [0.2, 0.25) is 0 Å². The number of aromatic amines is 1. The molecule has 5 heteroatoms. The fourth-order valence-corrected chi connectivity index (χ4v) is 2.14. The number of Topliss-reactive ketones (excluding diaryl/α,β-unsaturated/α-hetero) is 1. The van der Waals surface area contributed by atoms with Crippen molar-refractivity contribution in [3.63, 3.8) is 0 Å². The maximum absolute atomic E-state index is 11.6. The molecule has 1 atom stereocenters. The molecule has 2 rings (SSSR count). The monoisotopic (exact) mass is 288 g/mol. The molecule has 0 spiro atoms. The van der Waals surface area contributed by atoms with Crippen LogP contribution in [0.3, 0.4) is 0 Å². The fraction of sp³-hybridized carbons (Fsp3) is 0.375. The number of carbonyl (C=O) groups excluding carboxylic acids is 1. The second-order valence-electron chi connectivity index (χ2n) is 4.80. The molecule has 0 radical (unpaired) electrons. The van der Waals surface area contributed by atoms with E-state index in [9.17, 15) is 4.79 Å². The van der Waals surface area contributed by atoms with Gasteiger partial charge in [-0.3, -0.25) is 9.89 Å². The molecule has 5 nitrogen and oxygen atoms in total. The zero-order valence-electron chi connectivity index (χ0n) is 12.6. The summed E-state index contributed by atoms with van der Waals surface area (Å²) in [6, 6.07) is 7.72. The number of carbonyl (C=O) groups is 1. The highest BCUT2D eigenvalue weighted by molar-refractivity contribution is 5.95.